The van der Waals surface area contributed by atoms with Gasteiger partial charge in [0, 0.05) is 30.5 Å². The highest BCUT2D eigenvalue weighted by atomic mass is 16.5. The van der Waals surface area contributed by atoms with Crippen LogP contribution in [0.25, 0.3) is 11.1 Å². The second-order valence-electron chi connectivity index (χ2n) is 5.25. The largest absolute Gasteiger partial charge is 0.496 e. The maximum atomic E-state index is 9.31. The van der Waals surface area contributed by atoms with E-state index in [2.05, 4.69) is 11.3 Å². The van der Waals surface area contributed by atoms with E-state index >= 15 is 0 Å². The Bertz CT molecular complexity index is 603. The smallest absolute Gasteiger partial charge is 0.126 e. The number of hydrogen-bond donors (Lipinski definition) is 1. The van der Waals surface area contributed by atoms with E-state index in [-0.39, 0.29) is 6.61 Å². The molecular formula is C16H20N2O3. The van der Waals surface area contributed by atoms with Crippen LogP contribution in [0.15, 0.2) is 30.6 Å². The van der Waals surface area contributed by atoms with Crippen molar-refractivity contribution in [3.63, 3.8) is 0 Å². The highest BCUT2D eigenvalue weighted by Crippen LogP contribution is 2.32. The van der Waals surface area contributed by atoms with Crippen molar-refractivity contribution in [3.05, 3.63) is 36.2 Å². The van der Waals surface area contributed by atoms with Gasteiger partial charge in [-0.15, -0.1) is 0 Å². The van der Waals surface area contributed by atoms with Crippen molar-refractivity contribution in [3.8, 4) is 16.9 Å². The van der Waals surface area contributed by atoms with E-state index in [1.54, 1.807) is 7.11 Å². The number of nitrogens with zero attached hydrogens (tertiary/aromatic N) is 2. The van der Waals surface area contributed by atoms with Gasteiger partial charge in [-0.3, -0.25) is 4.68 Å². The summed E-state index contributed by atoms with van der Waals surface area (Å²) in [6.07, 6.45) is 5.90. The SMILES string of the molecule is COc1ccc(CO)cc1-c1cnn(C2CCOCC2)c1. The molecule has 112 valence electrons. The zero-order valence-corrected chi connectivity index (χ0v) is 12.2. The van der Waals surface area contributed by atoms with Gasteiger partial charge in [-0.05, 0) is 30.5 Å². The van der Waals surface area contributed by atoms with Crippen LogP contribution in [0.3, 0.4) is 0 Å². The first-order valence-electron chi connectivity index (χ1n) is 7.22. The maximum Gasteiger partial charge on any atom is 0.126 e. The Balaban J connectivity index is 1.91. The molecule has 0 bridgehead atoms. The van der Waals surface area contributed by atoms with Crippen molar-refractivity contribution in [2.45, 2.75) is 25.5 Å². The van der Waals surface area contributed by atoms with Crippen molar-refractivity contribution < 1.29 is 14.6 Å². The highest BCUT2D eigenvalue weighted by Gasteiger charge is 2.17. The van der Waals surface area contributed by atoms with Crippen LogP contribution >= 0.6 is 0 Å². The molecule has 1 saturated heterocycles. The van der Waals surface area contributed by atoms with Crippen LogP contribution in [-0.2, 0) is 11.3 Å². The van der Waals surface area contributed by atoms with E-state index in [0.29, 0.717) is 6.04 Å². The van der Waals surface area contributed by atoms with Crippen molar-refractivity contribution in [2.75, 3.05) is 20.3 Å². The molecular weight excluding hydrogens is 268 g/mol. The molecule has 5 heteroatoms. The third-order valence-electron chi connectivity index (χ3n) is 3.92. The average Bonchev–Trinajstić information content (AvgIpc) is 3.05. The van der Waals surface area contributed by atoms with Crippen molar-refractivity contribution >= 4 is 0 Å². The van der Waals surface area contributed by atoms with Gasteiger partial charge in [-0.1, -0.05) is 6.07 Å². The Hall–Kier alpha value is -1.85. The van der Waals surface area contributed by atoms with Crippen molar-refractivity contribution in [2.24, 2.45) is 0 Å². The summed E-state index contributed by atoms with van der Waals surface area (Å²) in [5.41, 5.74) is 2.83. The zero-order valence-electron chi connectivity index (χ0n) is 12.2. The molecule has 1 N–H and O–H groups in total. The third-order valence-corrected chi connectivity index (χ3v) is 3.92. The summed E-state index contributed by atoms with van der Waals surface area (Å²) < 4.78 is 12.8. The fourth-order valence-corrected chi connectivity index (χ4v) is 2.71. The van der Waals surface area contributed by atoms with Crippen molar-refractivity contribution in [1.82, 2.24) is 9.78 Å². The van der Waals surface area contributed by atoms with Gasteiger partial charge in [0.1, 0.15) is 5.75 Å². The molecule has 1 fully saturated rings. The molecule has 5 nitrogen and oxygen atoms in total. The predicted octanol–water partition coefficient (Wildman–Crippen LogP) is 2.40. The van der Waals surface area contributed by atoms with Gasteiger partial charge in [0.2, 0.25) is 0 Å². The fourth-order valence-electron chi connectivity index (χ4n) is 2.71. The minimum atomic E-state index is 0.0189. The van der Waals surface area contributed by atoms with E-state index in [1.165, 1.54) is 0 Å². The number of ether oxygens (including phenoxy) is 2. The molecule has 0 radical (unpaired) electrons. The predicted molar refractivity (Wildman–Crippen MR) is 79.2 cm³/mol. The van der Waals surface area contributed by atoms with Crippen LogP contribution in [0.1, 0.15) is 24.4 Å². The molecule has 2 aromatic rings. The number of aliphatic hydroxyl groups is 1. The molecule has 1 aromatic carbocycles. The maximum absolute atomic E-state index is 9.31. The van der Waals surface area contributed by atoms with Gasteiger partial charge < -0.3 is 14.6 Å². The van der Waals surface area contributed by atoms with E-state index < -0.39 is 0 Å². The Morgan fingerprint density at radius 3 is 2.90 bits per heavy atom. The summed E-state index contributed by atoms with van der Waals surface area (Å²) >= 11 is 0. The fraction of sp³-hybridized carbons (Fsp3) is 0.438. The average molecular weight is 288 g/mol. The topological polar surface area (TPSA) is 56.5 Å². The van der Waals surface area contributed by atoms with Crippen molar-refractivity contribution in [1.29, 1.82) is 0 Å². The molecule has 0 unspecified atom stereocenters. The molecule has 0 saturated carbocycles. The Kier molecular flexibility index (Phi) is 4.22. The molecule has 1 aliphatic rings. The van der Waals surface area contributed by atoms with Crippen LogP contribution in [0, 0.1) is 0 Å². The lowest BCUT2D eigenvalue weighted by molar-refractivity contribution is 0.0662. The first-order valence-corrected chi connectivity index (χ1v) is 7.22. The van der Waals surface area contributed by atoms with E-state index in [4.69, 9.17) is 9.47 Å². The third kappa shape index (κ3) is 2.94. The van der Waals surface area contributed by atoms with Crippen LogP contribution in [-0.4, -0.2) is 35.2 Å². The molecule has 3 rings (SSSR count). The van der Waals surface area contributed by atoms with Gasteiger partial charge >= 0.3 is 0 Å². The molecule has 0 aliphatic carbocycles. The van der Waals surface area contributed by atoms with Crippen LogP contribution in [0.5, 0.6) is 5.75 Å². The Morgan fingerprint density at radius 1 is 1.38 bits per heavy atom. The second-order valence-corrected chi connectivity index (χ2v) is 5.25. The van der Waals surface area contributed by atoms with Crippen LogP contribution in [0.2, 0.25) is 0 Å². The number of aliphatic hydroxyl groups excluding tert-OH is 1. The van der Waals surface area contributed by atoms with Gasteiger partial charge in [0.15, 0.2) is 0 Å². The van der Waals surface area contributed by atoms with E-state index in [0.717, 1.165) is 48.5 Å². The van der Waals surface area contributed by atoms with E-state index in [1.807, 2.05) is 29.1 Å². The number of aromatic nitrogens is 2. The molecule has 21 heavy (non-hydrogen) atoms. The number of rotatable bonds is 4. The molecule has 0 spiro atoms. The summed E-state index contributed by atoms with van der Waals surface area (Å²) in [6.45, 7) is 1.61. The monoisotopic (exact) mass is 288 g/mol. The highest BCUT2D eigenvalue weighted by molar-refractivity contribution is 5.70. The molecule has 1 aromatic heterocycles. The van der Waals surface area contributed by atoms with Gasteiger partial charge in [0.25, 0.3) is 0 Å². The van der Waals surface area contributed by atoms with Gasteiger partial charge in [-0.2, -0.15) is 5.10 Å². The molecule has 0 atom stereocenters. The number of methoxy groups -OCH3 is 1. The minimum Gasteiger partial charge on any atom is -0.496 e. The summed E-state index contributed by atoms with van der Waals surface area (Å²) in [5.74, 6) is 0.790. The summed E-state index contributed by atoms with van der Waals surface area (Å²) in [4.78, 5) is 0. The van der Waals surface area contributed by atoms with Crippen LogP contribution < -0.4 is 4.74 Å². The molecule has 0 amide bonds. The van der Waals surface area contributed by atoms with Crippen LogP contribution in [0.4, 0.5) is 0 Å². The Labute approximate surface area is 124 Å². The Morgan fingerprint density at radius 2 is 2.19 bits per heavy atom. The summed E-state index contributed by atoms with van der Waals surface area (Å²) in [7, 11) is 1.65. The van der Waals surface area contributed by atoms with Gasteiger partial charge in [0.05, 0.1) is 26.0 Å². The second kappa shape index (κ2) is 6.28. The number of hydrogen-bond acceptors (Lipinski definition) is 4. The first-order chi connectivity index (χ1) is 10.3. The quantitative estimate of drug-likeness (QED) is 0.938. The number of benzene rings is 1. The zero-order chi connectivity index (χ0) is 14.7. The lowest BCUT2D eigenvalue weighted by Crippen LogP contribution is -2.19. The standard InChI is InChI=1S/C16H20N2O3/c1-20-16-3-2-12(11-19)8-15(16)13-9-17-18(10-13)14-4-6-21-7-5-14/h2-3,8-10,14,19H,4-7,11H2,1H3. The van der Waals surface area contributed by atoms with Gasteiger partial charge in [-0.25, -0.2) is 0 Å². The lowest BCUT2D eigenvalue weighted by Gasteiger charge is -2.22. The molecule has 2 heterocycles. The first kappa shape index (κ1) is 14.1. The summed E-state index contributed by atoms with van der Waals surface area (Å²) in [5, 5.41) is 13.8. The normalized spacial score (nSPS) is 16.1. The summed E-state index contributed by atoms with van der Waals surface area (Å²) in [6, 6.07) is 6.10. The van der Waals surface area contributed by atoms with E-state index in [9.17, 15) is 5.11 Å². The minimum absolute atomic E-state index is 0.0189. The molecule has 1 aliphatic heterocycles. The lowest BCUT2D eigenvalue weighted by atomic mass is 10.0.